The first-order chi connectivity index (χ1) is 13.0. The number of likely N-dealkylation sites (tertiary alicyclic amines) is 1. The zero-order chi connectivity index (χ0) is 18.9. The number of rotatable bonds is 3. The number of aromatic nitrogens is 1. The van der Waals surface area contributed by atoms with Gasteiger partial charge in [0.1, 0.15) is 5.69 Å². The van der Waals surface area contributed by atoms with E-state index in [1.54, 1.807) is 12.3 Å². The second-order valence-corrected chi connectivity index (χ2v) is 7.26. The average Bonchev–Trinajstić information content (AvgIpc) is 3.13. The predicted molar refractivity (Wildman–Crippen MR) is 103 cm³/mol. The van der Waals surface area contributed by atoms with Gasteiger partial charge in [-0.05, 0) is 49.2 Å². The van der Waals surface area contributed by atoms with Crippen LogP contribution in [0.5, 0.6) is 0 Å². The molecule has 2 aliphatic rings. The summed E-state index contributed by atoms with van der Waals surface area (Å²) in [5.74, 6) is -0.509. The number of benzene rings is 1. The lowest BCUT2D eigenvalue weighted by Gasteiger charge is -2.37. The standard InChI is InChI=1S/C21H25N3O3/c1-15-3-4-17(13-16(15)2)23-18-5-6-19(22-14-18)20(25)24-9-7-21(8-10-24)26-11-12-27-21/h3-6,13-14,23H,7-12H2,1-2H3. The number of pyridine rings is 1. The molecule has 3 heterocycles. The van der Waals surface area contributed by atoms with Crippen molar-refractivity contribution in [1.82, 2.24) is 9.88 Å². The monoisotopic (exact) mass is 367 g/mol. The molecule has 0 radical (unpaired) electrons. The SMILES string of the molecule is Cc1ccc(Nc2ccc(C(=O)N3CCC4(CC3)OCCO4)nc2)cc1C. The summed E-state index contributed by atoms with van der Waals surface area (Å²) in [7, 11) is 0. The number of ether oxygens (including phenoxy) is 2. The third-order valence-corrected chi connectivity index (χ3v) is 5.40. The highest BCUT2D eigenvalue weighted by Gasteiger charge is 2.40. The van der Waals surface area contributed by atoms with E-state index in [9.17, 15) is 4.79 Å². The van der Waals surface area contributed by atoms with Crippen LogP contribution in [0.2, 0.25) is 0 Å². The van der Waals surface area contributed by atoms with Crippen LogP contribution in [0, 0.1) is 13.8 Å². The maximum atomic E-state index is 12.7. The largest absolute Gasteiger partial charge is 0.354 e. The van der Waals surface area contributed by atoms with Gasteiger partial charge in [0.05, 0.1) is 25.1 Å². The van der Waals surface area contributed by atoms with E-state index in [-0.39, 0.29) is 5.91 Å². The topological polar surface area (TPSA) is 63.7 Å². The number of nitrogens with zero attached hydrogens (tertiary/aromatic N) is 2. The molecule has 2 saturated heterocycles. The fourth-order valence-corrected chi connectivity index (χ4v) is 3.58. The number of nitrogens with one attached hydrogen (secondary N) is 1. The Balaban J connectivity index is 1.38. The van der Waals surface area contributed by atoms with Crippen molar-refractivity contribution in [2.24, 2.45) is 0 Å². The van der Waals surface area contributed by atoms with Crippen LogP contribution in [0.3, 0.4) is 0 Å². The van der Waals surface area contributed by atoms with Crippen molar-refractivity contribution in [1.29, 1.82) is 0 Å². The third kappa shape index (κ3) is 3.82. The molecule has 0 saturated carbocycles. The van der Waals surface area contributed by atoms with Crippen LogP contribution in [0.25, 0.3) is 0 Å². The van der Waals surface area contributed by atoms with Crippen LogP contribution in [0.1, 0.15) is 34.5 Å². The number of carbonyl (C=O) groups excluding carboxylic acids is 1. The van der Waals surface area contributed by atoms with Crippen LogP contribution in [-0.2, 0) is 9.47 Å². The third-order valence-electron chi connectivity index (χ3n) is 5.40. The molecule has 6 heteroatoms. The van der Waals surface area contributed by atoms with Crippen molar-refractivity contribution < 1.29 is 14.3 Å². The van der Waals surface area contributed by atoms with Crippen molar-refractivity contribution in [3.63, 3.8) is 0 Å². The van der Waals surface area contributed by atoms with Gasteiger partial charge in [0.25, 0.3) is 5.91 Å². The molecule has 0 bridgehead atoms. The molecule has 1 amide bonds. The number of hydrogen-bond donors (Lipinski definition) is 1. The van der Waals surface area contributed by atoms with Crippen molar-refractivity contribution >= 4 is 17.3 Å². The molecular weight excluding hydrogens is 342 g/mol. The molecule has 1 aromatic heterocycles. The van der Waals surface area contributed by atoms with E-state index in [1.807, 2.05) is 17.0 Å². The number of carbonyl (C=O) groups is 1. The fourth-order valence-electron chi connectivity index (χ4n) is 3.58. The van der Waals surface area contributed by atoms with Gasteiger partial charge in [0, 0.05) is 31.6 Å². The molecule has 142 valence electrons. The van der Waals surface area contributed by atoms with Gasteiger partial charge in [0.2, 0.25) is 0 Å². The number of piperidine rings is 1. The number of hydrogen-bond acceptors (Lipinski definition) is 5. The summed E-state index contributed by atoms with van der Waals surface area (Å²) < 4.78 is 11.4. The molecule has 0 aliphatic carbocycles. The van der Waals surface area contributed by atoms with E-state index in [4.69, 9.17) is 9.47 Å². The van der Waals surface area contributed by atoms with Gasteiger partial charge in [-0.2, -0.15) is 0 Å². The first-order valence-corrected chi connectivity index (χ1v) is 9.42. The lowest BCUT2D eigenvalue weighted by Crippen LogP contribution is -2.47. The Bertz CT molecular complexity index is 819. The Hall–Kier alpha value is -2.44. The first kappa shape index (κ1) is 17.9. The Morgan fingerprint density at radius 2 is 1.74 bits per heavy atom. The van der Waals surface area contributed by atoms with Crippen molar-refractivity contribution in [2.75, 3.05) is 31.6 Å². The zero-order valence-corrected chi connectivity index (χ0v) is 15.8. The van der Waals surface area contributed by atoms with Crippen LogP contribution in [0.4, 0.5) is 11.4 Å². The van der Waals surface area contributed by atoms with Gasteiger partial charge in [0.15, 0.2) is 5.79 Å². The summed E-state index contributed by atoms with van der Waals surface area (Å²) in [6.45, 7) is 6.72. The molecule has 2 fully saturated rings. The molecule has 1 aromatic carbocycles. The molecule has 6 nitrogen and oxygen atoms in total. The van der Waals surface area contributed by atoms with E-state index in [1.165, 1.54) is 11.1 Å². The summed E-state index contributed by atoms with van der Waals surface area (Å²) in [5, 5.41) is 3.33. The van der Waals surface area contributed by atoms with Crippen molar-refractivity contribution in [2.45, 2.75) is 32.5 Å². The van der Waals surface area contributed by atoms with E-state index < -0.39 is 5.79 Å². The van der Waals surface area contributed by atoms with E-state index >= 15 is 0 Å². The lowest BCUT2D eigenvalue weighted by atomic mass is 10.0. The number of aryl methyl sites for hydroxylation is 2. The quantitative estimate of drug-likeness (QED) is 0.901. The molecule has 1 spiro atoms. The summed E-state index contributed by atoms with van der Waals surface area (Å²) >= 11 is 0. The molecule has 4 rings (SSSR count). The highest BCUT2D eigenvalue weighted by Crippen LogP contribution is 2.31. The highest BCUT2D eigenvalue weighted by molar-refractivity contribution is 5.92. The Kier molecular flexibility index (Phi) is 4.85. The molecule has 27 heavy (non-hydrogen) atoms. The normalized spacial score (nSPS) is 18.7. The molecule has 2 aromatic rings. The number of amides is 1. The van der Waals surface area contributed by atoms with Crippen LogP contribution < -0.4 is 5.32 Å². The van der Waals surface area contributed by atoms with Crippen LogP contribution >= 0.6 is 0 Å². The Labute approximate surface area is 159 Å². The van der Waals surface area contributed by atoms with Crippen molar-refractivity contribution in [3.8, 4) is 0 Å². The van der Waals surface area contributed by atoms with Crippen molar-refractivity contribution in [3.05, 3.63) is 53.3 Å². The molecular formula is C21H25N3O3. The number of anilines is 2. The van der Waals surface area contributed by atoms with Crippen LogP contribution in [-0.4, -0.2) is 47.9 Å². The molecule has 0 unspecified atom stereocenters. The highest BCUT2D eigenvalue weighted by atomic mass is 16.7. The minimum absolute atomic E-state index is 0.0411. The molecule has 1 N–H and O–H groups in total. The Morgan fingerprint density at radius 1 is 1.04 bits per heavy atom. The smallest absolute Gasteiger partial charge is 0.272 e. The van der Waals surface area contributed by atoms with Crippen LogP contribution in [0.15, 0.2) is 36.5 Å². The van der Waals surface area contributed by atoms with Gasteiger partial charge in [-0.1, -0.05) is 6.07 Å². The summed E-state index contributed by atoms with van der Waals surface area (Å²) in [6, 6.07) is 9.90. The maximum Gasteiger partial charge on any atom is 0.272 e. The average molecular weight is 367 g/mol. The maximum absolute atomic E-state index is 12.7. The first-order valence-electron chi connectivity index (χ1n) is 9.42. The summed E-state index contributed by atoms with van der Waals surface area (Å²) in [5.41, 5.74) is 4.83. The van der Waals surface area contributed by atoms with Gasteiger partial charge in [-0.15, -0.1) is 0 Å². The minimum atomic E-state index is -0.468. The van der Waals surface area contributed by atoms with Gasteiger partial charge < -0.3 is 19.7 Å². The fraction of sp³-hybridized carbons (Fsp3) is 0.429. The van der Waals surface area contributed by atoms with Gasteiger partial charge in [-0.25, -0.2) is 4.98 Å². The summed E-state index contributed by atoms with van der Waals surface area (Å²) in [4.78, 5) is 18.9. The van der Waals surface area contributed by atoms with E-state index in [0.29, 0.717) is 44.8 Å². The summed E-state index contributed by atoms with van der Waals surface area (Å²) in [6.07, 6.45) is 3.13. The molecule has 2 aliphatic heterocycles. The second-order valence-electron chi connectivity index (χ2n) is 7.26. The predicted octanol–water partition coefficient (Wildman–Crippen LogP) is 3.42. The molecule has 0 atom stereocenters. The second kappa shape index (κ2) is 7.29. The van der Waals surface area contributed by atoms with E-state index in [0.717, 1.165) is 11.4 Å². The lowest BCUT2D eigenvalue weighted by molar-refractivity contribution is -0.181. The zero-order valence-electron chi connectivity index (χ0n) is 15.8. The Morgan fingerprint density at radius 3 is 2.37 bits per heavy atom. The van der Waals surface area contributed by atoms with Gasteiger partial charge in [-0.3, -0.25) is 4.79 Å². The van der Waals surface area contributed by atoms with Gasteiger partial charge >= 0.3 is 0 Å². The van der Waals surface area contributed by atoms with E-state index in [2.05, 4.69) is 36.3 Å². The minimum Gasteiger partial charge on any atom is -0.354 e.